The number of anilines is 1. The highest BCUT2D eigenvalue weighted by Gasteiger charge is 2.24. The third-order valence-electron chi connectivity index (χ3n) is 5.22. The summed E-state index contributed by atoms with van der Waals surface area (Å²) in [4.78, 5) is 36.9. The van der Waals surface area contributed by atoms with Crippen LogP contribution in [-0.4, -0.2) is 30.1 Å². The number of unbranched alkanes of at least 4 members (excludes halogenated alkanes) is 1. The number of fused-ring (bicyclic) bond motifs is 4. The van der Waals surface area contributed by atoms with Gasteiger partial charge in [-0.3, -0.25) is 15.0 Å². The number of amides is 3. The second-order valence-electron chi connectivity index (χ2n) is 8.32. The smallest absolute Gasteiger partial charge is 0.407 e. The summed E-state index contributed by atoms with van der Waals surface area (Å²) < 4.78 is 5.17. The van der Waals surface area contributed by atoms with Crippen LogP contribution in [0.3, 0.4) is 0 Å². The van der Waals surface area contributed by atoms with E-state index in [-0.39, 0.29) is 11.8 Å². The number of benzene rings is 2. The maximum Gasteiger partial charge on any atom is 0.407 e. The number of hydrazine groups is 1. The minimum Gasteiger partial charge on any atom is -0.450 e. The average molecular weight is 424 g/mol. The highest BCUT2D eigenvalue weighted by Crippen LogP contribution is 2.21. The number of carbonyl (C=O) groups is 3. The molecule has 31 heavy (non-hydrogen) atoms. The molecule has 4 rings (SSSR count). The Bertz CT molecular complexity index is 936. The Morgan fingerprint density at radius 3 is 2.39 bits per heavy atom. The molecule has 0 fully saturated rings. The maximum absolute atomic E-state index is 12.9. The Balaban J connectivity index is 1.56. The van der Waals surface area contributed by atoms with E-state index in [2.05, 4.69) is 10.7 Å². The standard InChI is InChI=1S/C24H29N3O4/c1-4-5-16-31-23(30)25-24(2,3)15-14-17-6-8-19(9-7-17)22(29)27-20-12-10-18(11-13-20)21(28)26-27/h6-13H,4-5,14-16H2,1-3H3,(H,25,30)(H,26,28). The molecule has 2 N–H and O–H groups in total. The molecule has 0 saturated heterocycles. The number of hydrogen-bond acceptors (Lipinski definition) is 4. The molecule has 0 saturated carbocycles. The molecule has 2 bridgehead atoms. The number of ether oxygens (including phenoxy) is 1. The van der Waals surface area contributed by atoms with Gasteiger partial charge in [0.25, 0.3) is 11.8 Å². The highest BCUT2D eigenvalue weighted by molar-refractivity contribution is 6.10. The van der Waals surface area contributed by atoms with Gasteiger partial charge in [0.15, 0.2) is 0 Å². The topological polar surface area (TPSA) is 87.7 Å². The van der Waals surface area contributed by atoms with E-state index in [4.69, 9.17) is 4.74 Å². The van der Waals surface area contributed by atoms with E-state index >= 15 is 0 Å². The van der Waals surface area contributed by atoms with Gasteiger partial charge < -0.3 is 10.1 Å². The van der Waals surface area contributed by atoms with E-state index in [0.717, 1.165) is 31.2 Å². The number of aryl methyl sites for hydroxylation is 1. The van der Waals surface area contributed by atoms with Crippen molar-refractivity contribution in [2.45, 2.75) is 52.0 Å². The second-order valence-corrected chi connectivity index (χ2v) is 8.32. The second kappa shape index (κ2) is 9.64. The van der Waals surface area contributed by atoms with Gasteiger partial charge in [-0.15, -0.1) is 0 Å². The van der Waals surface area contributed by atoms with Crippen molar-refractivity contribution in [1.29, 1.82) is 0 Å². The van der Waals surface area contributed by atoms with Gasteiger partial charge >= 0.3 is 6.09 Å². The van der Waals surface area contributed by atoms with Crippen molar-refractivity contribution in [1.82, 2.24) is 10.7 Å². The van der Waals surface area contributed by atoms with Gasteiger partial charge in [0.1, 0.15) is 0 Å². The van der Waals surface area contributed by atoms with Crippen molar-refractivity contribution in [2.24, 2.45) is 0 Å². The predicted octanol–water partition coefficient (Wildman–Crippen LogP) is 4.23. The molecule has 2 heterocycles. The van der Waals surface area contributed by atoms with Gasteiger partial charge in [0, 0.05) is 16.7 Å². The first-order valence-electron chi connectivity index (χ1n) is 10.6. The first kappa shape index (κ1) is 22.3. The van der Waals surface area contributed by atoms with Crippen molar-refractivity contribution in [3.8, 4) is 0 Å². The Labute approximate surface area is 182 Å². The normalized spacial score (nSPS) is 12.9. The lowest BCUT2D eigenvalue weighted by atomic mass is 9.95. The summed E-state index contributed by atoms with van der Waals surface area (Å²) in [6.45, 7) is 6.39. The number of nitrogens with zero attached hydrogens (tertiary/aromatic N) is 1. The van der Waals surface area contributed by atoms with Crippen LogP contribution in [0.4, 0.5) is 10.5 Å². The fourth-order valence-corrected chi connectivity index (χ4v) is 3.24. The first-order valence-corrected chi connectivity index (χ1v) is 10.6. The largest absolute Gasteiger partial charge is 0.450 e. The molecule has 2 aromatic rings. The van der Waals surface area contributed by atoms with Gasteiger partial charge in [-0.1, -0.05) is 25.5 Å². The Kier molecular flexibility index (Phi) is 6.95. The highest BCUT2D eigenvalue weighted by atomic mass is 16.5. The summed E-state index contributed by atoms with van der Waals surface area (Å²) in [5, 5.41) is 4.17. The zero-order chi connectivity index (χ0) is 22.4. The summed E-state index contributed by atoms with van der Waals surface area (Å²) in [6, 6.07) is 14.1. The summed E-state index contributed by atoms with van der Waals surface area (Å²) in [5.74, 6) is -0.614. The summed E-state index contributed by atoms with van der Waals surface area (Å²) in [5.41, 5.74) is 4.87. The number of rotatable bonds is 8. The Morgan fingerprint density at radius 2 is 1.74 bits per heavy atom. The zero-order valence-electron chi connectivity index (χ0n) is 18.2. The third kappa shape index (κ3) is 5.84. The van der Waals surface area contributed by atoms with Gasteiger partial charge in [-0.05, 0) is 75.1 Å². The SMILES string of the molecule is CCCCOC(=O)NC(C)(C)CCc1ccc(C(=O)N2NC(=O)c3ccc2cc3)cc1. The van der Waals surface area contributed by atoms with Crippen LogP contribution < -0.4 is 15.8 Å². The number of alkyl carbamates (subject to hydrolysis) is 1. The summed E-state index contributed by atoms with van der Waals surface area (Å²) in [7, 11) is 0. The molecule has 7 nitrogen and oxygen atoms in total. The lowest BCUT2D eigenvalue weighted by molar-refractivity contribution is 0.0890. The molecule has 3 amide bonds. The van der Waals surface area contributed by atoms with Crippen LogP contribution in [-0.2, 0) is 11.2 Å². The number of carbonyl (C=O) groups excluding carboxylic acids is 3. The van der Waals surface area contributed by atoms with E-state index in [1.807, 2.05) is 32.9 Å². The lowest BCUT2D eigenvalue weighted by Gasteiger charge is -2.26. The molecule has 0 spiro atoms. The van der Waals surface area contributed by atoms with Gasteiger partial charge in [-0.2, -0.15) is 0 Å². The van der Waals surface area contributed by atoms with Crippen molar-refractivity contribution in [3.05, 3.63) is 65.2 Å². The van der Waals surface area contributed by atoms with E-state index < -0.39 is 11.6 Å². The molecule has 0 radical (unpaired) electrons. The third-order valence-corrected chi connectivity index (χ3v) is 5.22. The fourth-order valence-electron chi connectivity index (χ4n) is 3.24. The first-order chi connectivity index (χ1) is 14.8. The van der Waals surface area contributed by atoms with Crippen LogP contribution in [0.1, 0.15) is 66.3 Å². The molecule has 2 aliphatic heterocycles. The van der Waals surface area contributed by atoms with Gasteiger partial charge in [0.2, 0.25) is 0 Å². The predicted molar refractivity (Wildman–Crippen MR) is 119 cm³/mol. The number of nitrogens with one attached hydrogen (secondary N) is 2. The molecule has 164 valence electrons. The van der Waals surface area contributed by atoms with Crippen molar-refractivity contribution in [3.63, 3.8) is 0 Å². The molecule has 0 atom stereocenters. The van der Waals surface area contributed by atoms with E-state index in [1.165, 1.54) is 5.01 Å². The molecular formula is C24H29N3O4. The quantitative estimate of drug-likeness (QED) is 0.622. The van der Waals surface area contributed by atoms with Crippen LogP contribution in [0, 0.1) is 0 Å². The Hall–Kier alpha value is -3.35. The number of hydrogen-bond donors (Lipinski definition) is 2. The van der Waals surface area contributed by atoms with Crippen molar-refractivity contribution in [2.75, 3.05) is 11.6 Å². The Morgan fingerprint density at radius 1 is 1.06 bits per heavy atom. The van der Waals surface area contributed by atoms with Gasteiger partial charge in [-0.25, -0.2) is 9.80 Å². The molecule has 0 aliphatic carbocycles. The fraction of sp³-hybridized carbons (Fsp3) is 0.375. The molecule has 0 unspecified atom stereocenters. The molecular weight excluding hydrogens is 394 g/mol. The zero-order valence-corrected chi connectivity index (χ0v) is 18.2. The average Bonchev–Trinajstić information content (AvgIpc) is 3.00. The lowest BCUT2D eigenvalue weighted by Crippen LogP contribution is -2.45. The van der Waals surface area contributed by atoms with Crippen molar-refractivity contribution < 1.29 is 19.1 Å². The van der Waals surface area contributed by atoms with Crippen LogP contribution in [0.5, 0.6) is 0 Å². The van der Waals surface area contributed by atoms with Crippen LogP contribution in [0.25, 0.3) is 0 Å². The molecule has 7 heteroatoms. The summed E-state index contributed by atoms with van der Waals surface area (Å²) in [6.07, 6.45) is 2.89. The van der Waals surface area contributed by atoms with Crippen LogP contribution in [0.2, 0.25) is 0 Å². The summed E-state index contributed by atoms with van der Waals surface area (Å²) >= 11 is 0. The van der Waals surface area contributed by atoms with Crippen LogP contribution in [0.15, 0.2) is 48.5 Å². The maximum atomic E-state index is 12.9. The molecule has 0 aromatic heterocycles. The van der Waals surface area contributed by atoms with Crippen molar-refractivity contribution >= 4 is 23.6 Å². The molecule has 2 aromatic carbocycles. The van der Waals surface area contributed by atoms with Gasteiger partial charge in [0.05, 0.1) is 12.3 Å². The van der Waals surface area contributed by atoms with E-state index in [9.17, 15) is 14.4 Å². The minimum absolute atomic E-state index is 0.302. The van der Waals surface area contributed by atoms with E-state index in [1.54, 1.807) is 36.4 Å². The van der Waals surface area contributed by atoms with Crippen LogP contribution >= 0.6 is 0 Å². The monoisotopic (exact) mass is 423 g/mol. The minimum atomic E-state index is -0.417. The molecule has 2 aliphatic rings. The van der Waals surface area contributed by atoms with E-state index in [0.29, 0.717) is 23.4 Å².